The first-order valence-corrected chi connectivity index (χ1v) is 7.30. The molecule has 2 heterocycles. The SMILES string of the molecule is ClCCc1nc2cccc(Cl)c2n1Cc1ccccn1. The number of benzene rings is 1. The number of halogens is 2. The van der Waals surface area contributed by atoms with Crippen LogP contribution in [0.2, 0.25) is 5.02 Å². The van der Waals surface area contributed by atoms with Gasteiger partial charge in [0.1, 0.15) is 5.82 Å². The molecule has 3 aromatic rings. The van der Waals surface area contributed by atoms with Crippen LogP contribution in [0, 0.1) is 0 Å². The maximum Gasteiger partial charge on any atom is 0.111 e. The van der Waals surface area contributed by atoms with E-state index >= 15 is 0 Å². The van der Waals surface area contributed by atoms with E-state index in [2.05, 4.69) is 14.5 Å². The predicted octanol–water partition coefficient (Wildman–Crippen LogP) is 3.91. The van der Waals surface area contributed by atoms with E-state index in [1.165, 1.54) is 0 Å². The lowest BCUT2D eigenvalue weighted by Gasteiger charge is -2.08. The topological polar surface area (TPSA) is 30.7 Å². The Hall–Kier alpha value is -1.58. The summed E-state index contributed by atoms with van der Waals surface area (Å²) < 4.78 is 2.10. The van der Waals surface area contributed by atoms with Crippen LogP contribution in [-0.4, -0.2) is 20.4 Å². The number of pyridine rings is 1. The van der Waals surface area contributed by atoms with Crippen LogP contribution in [-0.2, 0) is 13.0 Å². The molecule has 0 radical (unpaired) electrons. The lowest BCUT2D eigenvalue weighted by molar-refractivity contribution is 0.738. The van der Waals surface area contributed by atoms with Crippen molar-refractivity contribution in [3.8, 4) is 0 Å². The van der Waals surface area contributed by atoms with E-state index in [9.17, 15) is 0 Å². The molecule has 0 bridgehead atoms. The largest absolute Gasteiger partial charge is 0.321 e. The van der Waals surface area contributed by atoms with Gasteiger partial charge in [-0.2, -0.15) is 0 Å². The van der Waals surface area contributed by atoms with Gasteiger partial charge in [0.05, 0.1) is 28.3 Å². The number of aryl methyl sites for hydroxylation is 1. The summed E-state index contributed by atoms with van der Waals surface area (Å²) in [6, 6.07) is 11.6. The summed E-state index contributed by atoms with van der Waals surface area (Å²) in [7, 11) is 0. The average Bonchev–Trinajstić information content (AvgIpc) is 2.80. The van der Waals surface area contributed by atoms with Crippen LogP contribution in [0.25, 0.3) is 11.0 Å². The molecule has 5 heteroatoms. The number of imidazole rings is 1. The van der Waals surface area contributed by atoms with Gasteiger partial charge in [-0.3, -0.25) is 4.98 Å². The normalized spacial score (nSPS) is 11.1. The first-order chi connectivity index (χ1) is 9.79. The third-order valence-corrected chi connectivity index (χ3v) is 3.65. The van der Waals surface area contributed by atoms with E-state index in [1.807, 2.05) is 36.4 Å². The lowest BCUT2D eigenvalue weighted by atomic mass is 10.3. The van der Waals surface area contributed by atoms with E-state index in [4.69, 9.17) is 23.2 Å². The van der Waals surface area contributed by atoms with Crippen molar-refractivity contribution in [1.82, 2.24) is 14.5 Å². The highest BCUT2D eigenvalue weighted by atomic mass is 35.5. The molecule has 3 rings (SSSR count). The molecule has 3 nitrogen and oxygen atoms in total. The number of hydrogen-bond donors (Lipinski definition) is 0. The first-order valence-electron chi connectivity index (χ1n) is 6.39. The smallest absolute Gasteiger partial charge is 0.111 e. The first kappa shape index (κ1) is 13.4. The summed E-state index contributed by atoms with van der Waals surface area (Å²) in [5.41, 5.74) is 2.82. The summed E-state index contributed by atoms with van der Waals surface area (Å²) in [4.78, 5) is 8.99. The molecule has 0 saturated carbocycles. The Morgan fingerprint density at radius 2 is 2.00 bits per heavy atom. The maximum atomic E-state index is 6.33. The second kappa shape index (κ2) is 5.81. The molecule has 1 aromatic carbocycles. The maximum absolute atomic E-state index is 6.33. The minimum absolute atomic E-state index is 0.531. The van der Waals surface area contributed by atoms with E-state index in [0.29, 0.717) is 23.9 Å². The molecule has 0 atom stereocenters. The van der Waals surface area contributed by atoms with Crippen molar-refractivity contribution < 1.29 is 0 Å². The molecule has 0 saturated heterocycles. The van der Waals surface area contributed by atoms with Crippen LogP contribution in [0.4, 0.5) is 0 Å². The van der Waals surface area contributed by atoms with Crippen LogP contribution < -0.4 is 0 Å². The highest BCUT2D eigenvalue weighted by Crippen LogP contribution is 2.25. The zero-order chi connectivity index (χ0) is 13.9. The van der Waals surface area contributed by atoms with Crippen molar-refractivity contribution in [2.45, 2.75) is 13.0 Å². The Labute approximate surface area is 127 Å². The lowest BCUT2D eigenvalue weighted by Crippen LogP contribution is -2.07. The number of fused-ring (bicyclic) bond motifs is 1. The van der Waals surface area contributed by atoms with Crippen LogP contribution in [0.5, 0.6) is 0 Å². The third kappa shape index (κ3) is 2.51. The van der Waals surface area contributed by atoms with Crippen molar-refractivity contribution in [3.05, 3.63) is 59.1 Å². The van der Waals surface area contributed by atoms with Crippen LogP contribution >= 0.6 is 23.2 Å². The Bertz CT molecular complexity index is 723. The van der Waals surface area contributed by atoms with Gasteiger partial charge in [0.15, 0.2) is 0 Å². The van der Waals surface area contributed by atoms with Crippen molar-refractivity contribution >= 4 is 34.2 Å². The Kier molecular flexibility index (Phi) is 3.90. The monoisotopic (exact) mass is 305 g/mol. The molecular weight excluding hydrogens is 293 g/mol. The summed E-state index contributed by atoms with van der Waals surface area (Å²) in [5, 5.41) is 0.701. The van der Waals surface area contributed by atoms with Gasteiger partial charge in [0.25, 0.3) is 0 Å². The summed E-state index contributed by atoms with van der Waals surface area (Å²) in [6.45, 7) is 0.646. The number of hydrogen-bond acceptors (Lipinski definition) is 2. The fraction of sp³-hybridized carbons (Fsp3) is 0.200. The van der Waals surface area contributed by atoms with Gasteiger partial charge in [0.2, 0.25) is 0 Å². The van der Waals surface area contributed by atoms with E-state index < -0.39 is 0 Å². The fourth-order valence-electron chi connectivity index (χ4n) is 2.29. The summed E-state index contributed by atoms with van der Waals surface area (Å²) >= 11 is 12.2. The minimum atomic E-state index is 0.531. The molecule has 0 spiro atoms. The highest BCUT2D eigenvalue weighted by Gasteiger charge is 2.13. The van der Waals surface area contributed by atoms with Gasteiger partial charge in [-0.15, -0.1) is 11.6 Å². The molecule has 0 aliphatic carbocycles. The number of aromatic nitrogens is 3. The van der Waals surface area contributed by atoms with Gasteiger partial charge < -0.3 is 4.57 Å². The number of nitrogens with zero attached hydrogens (tertiary/aromatic N) is 3. The quantitative estimate of drug-likeness (QED) is 0.684. The van der Waals surface area contributed by atoms with Crippen molar-refractivity contribution in [2.24, 2.45) is 0 Å². The predicted molar refractivity (Wildman–Crippen MR) is 82.5 cm³/mol. The second-order valence-electron chi connectivity index (χ2n) is 4.48. The van der Waals surface area contributed by atoms with Gasteiger partial charge in [-0.25, -0.2) is 4.98 Å². The Morgan fingerprint density at radius 3 is 2.75 bits per heavy atom. The average molecular weight is 306 g/mol. The number of alkyl halides is 1. The minimum Gasteiger partial charge on any atom is -0.321 e. The zero-order valence-electron chi connectivity index (χ0n) is 10.8. The van der Waals surface area contributed by atoms with Crippen LogP contribution in [0.15, 0.2) is 42.6 Å². The third-order valence-electron chi connectivity index (χ3n) is 3.16. The van der Waals surface area contributed by atoms with Crippen LogP contribution in [0.3, 0.4) is 0 Å². The number of para-hydroxylation sites is 1. The molecule has 2 aromatic heterocycles. The fourth-order valence-corrected chi connectivity index (χ4v) is 2.73. The Balaban J connectivity index is 2.13. The molecule has 0 amide bonds. The summed E-state index contributed by atoms with van der Waals surface area (Å²) in [6.07, 6.45) is 2.50. The Morgan fingerprint density at radius 1 is 1.10 bits per heavy atom. The van der Waals surface area contributed by atoms with Gasteiger partial charge in [-0.1, -0.05) is 23.7 Å². The molecule has 0 N–H and O–H groups in total. The standard InChI is InChI=1S/C15H13Cl2N3/c16-8-7-14-19-13-6-3-5-12(17)15(13)20(14)10-11-4-1-2-9-18-11/h1-6,9H,7-8,10H2. The van der Waals surface area contributed by atoms with Gasteiger partial charge >= 0.3 is 0 Å². The second-order valence-corrected chi connectivity index (χ2v) is 5.27. The van der Waals surface area contributed by atoms with Crippen molar-refractivity contribution in [1.29, 1.82) is 0 Å². The summed E-state index contributed by atoms with van der Waals surface area (Å²) in [5.74, 6) is 1.47. The van der Waals surface area contributed by atoms with E-state index in [1.54, 1.807) is 6.20 Å². The van der Waals surface area contributed by atoms with E-state index in [-0.39, 0.29) is 0 Å². The molecule has 20 heavy (non-hydrogen) atoms. The number of rotatable bonds is 4. The van der Waals surface area contributed by atoms with Crippen molar-refractivity contribution in [3.63, 3.8) is 0 Å². The molecule has 0 aliphatic rings. The van der Waals surface area contributed by atoms with Gasteiger partial charge in [0, 0.05) is 18.5 Å². The molecule has 102 valence electrons. The van der Waals surface area contributed by atoms with Gasteiger partial charge in [-0.05, 0) is 24.3 Å². The molecule has 0 aliphatic heterocycles. The van der Waals surface area contributed by atoms with Crippen molar-refractivity contribution in [2.75, 3.05) is 5.88 Å². The molecule has 0 unspecified atom stereocenters. The highest BCUT2D eigenvalue weighted by molar-refractivity contribution is 6.35. The molecule has 0 fully saturated rings. The van der Waals surface area contributed by atoms with E-state index in [0.717, 1.165) is 22.6 Å². The van der Waals surface area contributed by atoms with Crippen LogP contribution in [0.1, 0.15) is 11.5 Å². The molecular formula is C15H13Cl2N3. The zero-order valence-corrected chi connectivity index (χ0v) is 12.3.